The average Bonchev–Trinajstić information content (AvgIpc) is 3.14. The number of fused-ring (bicyclic) bond motifs is 1. The van der Waals surface area contributed by atoms with Gasteiger partial charge in [0, 0.05) is 13.2 Å². The van der Waals surface area contributed by atoms with Crippen molar-refractivity contribution in [3.8, 4) is 11.4 Å². The first-order valence-corrected chi connectivity index (χ1v) is 7.49. The predicted octanol–water partition coefficient (Wildman–Crippen LogP) is 2.63. The third-order valence-electron chi connectivity index (χ3n) is 4.58. The molecule has 2 fully saturated rings. The first kappa shape index (κ1) is 13.8. The molecule has 3 heterocycles. The molecule has 2 aromatic rings. The van der Waals surface area contributed by atoms with Crippen molar-refractivity contribution in [1.82, 2.24) is 10.1 Å². The summed E-state index contributed by atoms with van der Waals surface area (Å²) in [5.74, 6) is 0.423. The number of hydrogen-bond donors (Lipinski definition) is 0. The topological polar surface area (TPSA) is 57.4 Å². The second-order valence-electron chi connectivity index (χ2n) is 6.01. The van der Waals surface area contributed by atoms with Gasteiger partial charge in [-0.15, -0.1) is 0 Å². The summed E-state index contributed by atoms with van der Waals surface area (Å²) in [6.07, 6.45) is 1.64. The Morgan fingerprint density at radius 1 is 1.32 bits per heavy atom. The highest BCUT2D eigenvalue weighted by Gasteiger charge is 2.52. The zero-order valence-electron chi connectivity index (χ0n) is 12.3. The zero-order valence-corrected chi connectivity index (χ0v) is 12.3. The number of rotatable bonds is 2. The van der Waals surface area contributed by atoms with E-state index in [4.69, 9.17) is 14.0 Å². The third kappa shape index (κ3) is 2.06. The summed E-state index contributed by atoms with van der Waals surface area (Å²) in [5, 5.41) is 3.97. The van der Waals surface area contributed by atoms with Crippen molar-refractivity contribution in [2.75, 3.05) is 19.8 Å². The minimum Gasteiger partial charge on any atom is -0.380 e. The Kier molecular flexibility index (Phi) is 3.23. The van der Waals surface area contributed by atoms with Crippen molar-refractivity contribution in [2.24, 2.45) is 0 Å². The second-order valence-corrected chi connectivity index (χ2v) is 6.01. The predicted molar refractivity (Wildman–Crippen MR) is 75.9 cm³/mol. The van der Waals surface area contributed by atoms with Crippen LogP contribution in [0.4, 0.5) is 4.39 Å². The Hall–Kier alpha value is -1.79. The number of halogens is 1. The number of aryl methyl sites for hydroxylation is 1. The Labute approximate surface area is 127 Å². The lowest BCUT2D eigenvalue weighted by Crippen LogP contribution is -2.44. The lowest BCUT2D eigenvalue weighted by Gasteiger charge is -2.34. The van der Waals surface area contributed by atoms with Crippen LogP contribution in [0.2, 0.25) is 0 Å². The Morgan fingerprint density at radius 2 is 2.23 bits per heavy atom. The van der Waals surface area contributed by atoms with Gasteiger partial charge in [-0.05, 0) is 37.5 Å². The summed E-state index contributed by atoms with van der Waals surface area (Å²) >= 11 is 0. The molecule has 1 aromatic carbocycles. The molecule has 0 radical (unpaired) electrons. The monoisotopic (exact) mass is 304 g/mol. The standard InChI is InChI=1S/C16H17FN2O3/c1-10-2-3-11(12(17)8-10)14-18-15(22-19-14)16-5-7-21-13(16)4-6-20-9-16/h2-3,8,13H,4-7,9H2,1H3. The van der Waals surface area contributed by atoms with E-state index < -0.39 is 0 Å². The number of aromatic nitrogens is 2. The zero-order chi connectivity index (χ0) is 15.2. The third-order valence-corrected chi connectivity index (χ3v) is 4.58. The number of ether oxygens (including phenoxy) is 2. The van der Waals surface area contributed by atoms with E-state index in [9.17, 15) is 4.39 Å². The molecule has 2 aliphatic rings. The van der Waals surface area contributed by atoms with Crippen LogP contribution in [0.3, 0.4) is 0 Å². The van der Waals surface area contributed by atoms with Gasteiger partial charge < -0.3 is 14.0 Å². The van der Waals surface area contributed by atoms with Crippen LogP contribution < -0.4 is 0 Å². The van der Waals surface area contributed by atoms with Crippen molar-refractivity contribution in [3.63, 3.8) is 0 Å². The first-order valence-electron chi connectivity index (χ1n) is 7.49. The molecule has 116 valence electrons. The molecule has 1 aromatic heterocycles. The van der Waals surface area contributed by atoms with Crippen LogP contribution in [0, 0.1) is 12.7 Å². The highest BCUT2D eigenvalue weighted by molar-refractivity contribution is 5.56. The van der Waals surface area contributed by atoms with Gasteiger partial charge in [-0.1, -0.05) is 11.2 Å². The molecule has 2 saturated heterocycles. The van der Waals surface area contributed by atoms with Crippen LogP contribution in [0.15, 0.2) is 22.7 Å². The second kappa shape index (κ2) is 5.14. The maximum absolute atomic E-state index is 14.1. The normalized spacial score (nSPS) is 27.8. The van der Waals surface area contributed by atoms with Gasteiger partial charge in [0.25, 0.3) is 0 Å². The highest BCUT2D eigenvalue weighted by Crippen LogP contribution is 2.42. The van der Waals surface area contributed by atoms with E-state index in [1.165, 1.54) is 6.07 Å². The average molecular weight is 304 g/mol. The van der Waals surface area contributed by atoms with Gasteiger partial charge in [-0.25, -0.2) is 4.39 Å². The lowest BCUT2D eigenvalue weighted by molar-refractivity contribution is -0.0474. The fourth-order valence-corrected chi connectivity index (χ4v) is 3.32. The number of nitrogens with zero attached hydrogens (tertiary/aromatic N) is 2. The molecule has 2 atom stereocenters. The molecule has 0 aliphatic carbocycles. The largest absolute Gasteiger partial charge is 0.380 e. The van der Waals surface area contributed by atoms with Gasteiger partial charge in [-0.2, -0.15) is 4.98 Å². The summed E-state index contributed by atoms with van der Waals surface area (Å²) in [6.45, 7) is 3.69. The lowest BCUT2D eigenvalue weighted by atomic mass is 9.79. The number of hydrogen-bond acceptors (Lipinski definition) is 5. The van der Waals surface area contributed by atoms with Gasteiger partial charge in [0.05, 0.1) is 18.3 Å². The van der Waals surface area contributed by atoms with E-state index in [0.29, 0.717) is 31.3 Å². The van der Waals surface area contributed by atoms with E-state index in [1.54, 1.807) is 6.07 Å². The van der Waals surface area contributed by atoms with Crippen LogP contribution >= 0.6 is 0 Å². The maximum atomic E-state index is 14.1. The van der Waals surface area contributed by atoms with E-state index >= 15 is 0 Å². The summed E-state index contributed by atoms with van der Waals surface area (Å²) < 4.78 is 30.9. The van der Waals surface area contributed by atoms with E-state index in [0.717, 1.165) is 18.4 Å². The summed E-state index contributed by atoms with van der Waals surface area (Å²) in [7, 11) is 0. The highest BCUT2D eigenvalue weighted by atomic mass is 19.1. The van der Waals surface area contributed by atoms with E-state index in [1.807, 2.05) is 13.0 Å². The molecule has 5 nitrogen and oxygen atoms in total. The molecular formula is C16H17FN2O3. The van der Waals surface area contributed by atoms with Crippen molar-refractivity contribution in [3.05, 3.63) is 35.5 Å². The molecule has 0 saturated carbocycles. The molecule has 0 amide bonds. The molecule has 2 aliphatic heterocycles. The van der Waals surface area contributed by atoms with Crippen LogP contribution in [-0.4, -0.2) is 36.1 Å². The Morgan fingerprint density at radius 3 is 3.09 bits per heavy atom. The fraction of sp³-hybridized carbons (Fsp3) is 0.500. The summed E-state index contributed by atoms with van der Waals surface area (Å²) in [6, 6.07) is 4.98. The molecule has 6 heteroatoms. The van der Waals surface area contributed by atoms with Crippen molar-refractivity contribution < 1.29 is 18.4 Å². The molecular weight excluding hydrogens is 287 g/mol. The van der Waals surface area contributed by atoms with Crippen molar-refractivity contribution >= 4 is 0 Å². The molecule has 0 spiro atoms. The van der Waals surface area contributed by atoms with Gasteiger partial charge in [-0.3, -0.25) is 0 Å². The first-order chi connectivity index (χ1) is 10.7. The van der Waals surface area contributed by atoms with Gasteiger partial charge >= 0.3 is 0 Å². The Balaban J connectivity index is 1.72. The van der Waals surface area contributed by atoms with Gasteiger partial charge in [0.1, 0.15) is 11.2 Å². The molecule has 0 N–H and O–H groups in total. The van der Waals surface area contributed by atoms with Gasteiger partial charge in [0.2, 0.25) is 11.7 Å². The van der Waals surface area contributed by atoms with Crippen molar-refractivity contribution in [2.45, 2.75) is 31.3 Å². The fourth-order valence-electron chi connectivity index (χ4n) is 3.32. The maximum Gasteiger partial charge on any atom is 0.238 e. The Bertz CT molecular complexity index is 702. The van der Waals surface area contributed by atoms with Crippen molar-refractivity contribution in [1.29, 1.82) is 0 Å². The minimum absolute atomic E-state index is 0.0393. The molecule has 0 bridgehead atoms. The SMILES string of the molecule is Cc1ccc(-c2noc(C34CCOC3CCOC4)n2)c(F)c1. The van der Waals surface area contributed by atoms with Crippen LogP contribution in [0.5, 0.6) is 0 Å². The number of benzene rings is 1. The summed E-state index contributed by atoms with van der Waals surface area (Å²) in [4.78, 5) is 4.45. The minimum atomic E-state index is -0.384. The molecule has 2 unspecified atom stereocenters. The molecule has 4 rings (SSSR count). The van der Waals surface area contributed by atoms with E-state index in [2.05, 4.69) is 10.1 Å². The smallest absolute Gasteiger partial charge is 0.238 e. The quantitative estimate of drug-likeness (QED) is 0.853. The van der Waals surface area contributed by atoms with Gasteiger partial charge in [0.15, 0.2) is 0 Å². The molecule has 22 heavy (non-hydrogen) atoms. The van der Waals surface area contributed by atoms with Crippen LogP contribution in [-0.2, 0) is 14.9 Å². The summed E-state index contributed by atoms with van der Waals surface area (Å²) in [5.41, 5.74) is 0.822. The van der Waals surface area contributed by atoms with E-state index in [-0.39, 0.29) is 23.2 Å². The van der Waals surface area contributed by atoms with Crippen LogP contribution in [0.25, 0.3) is 11.4 Å². The van der Waals surface area contributed by atoms with Crippen LogP contribution in [0.1, 0.15) is 24.3 Å².